The number of carbonyl (C=O) groups is 2. The van der Waals surface area contributed by atoms with E-state index in [1.54, 1.807) is 0 Å². The van der Waals surface area contributed by atoms with Crippen LogP contribution in [0.5, 0.6) is 0 Å². The Kier molecular flexibility index (Phi) is 10.8. The molecule has 122 valence electrons. The van der Waals surface area contributed by atoms with Crippen molar-refractivity contribution in [1.29, 1.82) is 0 Å². The van der Waals surface area contributed by atoms with E-state index in [4.69, 9.17) is 4.74 Å². The third-order valence-electron chi connectivity index (χ3n) is 2.67. The van der Waals surface area contributed by atoms with Crippen molar-refractivity contribution in [3.05, 3.63) is 0 Å². The first-order valence-corrected chi connectivity index (χ1v) is 10.9. The van der Waals surface area contributed by atoms with Gasteiger partial charge in [-0.2, -0.15) is 0 Å². The Labute approximate surface area is 140 Å². The predicted molar refractivity (Wildman–Crippen MR) is 91.1 cm³/mol. The van der Waals surface area contributed by atoms with E-state index in [9.17, 15) is 9.59 Å². The van der Waals surface area contributed by atoms with Gasteiger partial charge in [0.15, 0.2) is 0 Å². The number of hydrogen-bond donors (Lipinski definition) is 0. The number of carbonyl (C=O) groups excluding carboxylic acids is 2. The number of ether oxygens (including phenoxy) is 3. The molecule has 0 aromatic carbocycles. The molecule has 0 aromatic rings. The second kappa shape index (κ2) is 11.8. The molecular formula is C11H19NO5S4. The monoisotopic (exact) mass is 373 g/mol. The Morgan fingerprint density at radius 1 is 1.05 bits per heavy atom. The van der Waals surface area contributed by atoms with Crippen molar-refractivity contribution < 1.29 is 23.8 Å². The Morgan fingerprint density at radius 2 is 1.52 bits per heavy atom. The van der Waals surface area contributed by atoms with E-state index < -0.39 is 0 Å². The highest BCUT2D eigenvalue weighted by Crippen LogP contribution is 2.30. The van der Waals surface area contributed by atoms with Crippen molar-refractivity contribution >= 4 is 53.8 Å². The molecule has 0 aromatic heterocycles. The highest BCUT2D eigenvalue weighted by Gasteiger charge is 2.22. The molecule has 0 saturated carbocycles. The average Bonchev–Trinajstić information content (AvgIpc) is 2.53. The summed E-state index contributed by atoms with van der Waals surface area (Å²) in [4.78, 5) is 24.6. The van der Waals surface area contributed by atoms with Gasteiger partial charge in [0.1, 0.15) is 0 Å². The fourth-order valence-corrected chi connectivity index (χ4v) is 5.51. The van der Waals surface area contributed by atoms with Crippen LogP contribution in [0.25, 0.3) is 0 Å². The molecule has 1 rings (SSSR count). The van der Waals surface area contributed by atoms with Crippen LogP contribution in [-0.4, -0.2) is 73.6 Å². The first-order valence-electron chi connectivity index (χ1n) is 6.24. The molecule has 1 saturated heterocycles. The summed E-state index contributed by atoms with van der Waals surface area (Å²) in [5, 5.41) is -0.588. The van der Waals surface area contributed by atoms with Gasteiger partial charge in [-0.25, -0.2) is 9.59 Å². The minimum absolute atomic E-state index is 0.276. The van der Waals surface area contributed by atoms with Gasteiger partial charge >= 0.3 is 10.6 Å². The SMILES string of the molecule is COC(=O)SSCC(CSSC(=O)OC)N1CCOCC1. The highest BCUT2D eigenvalue weighted by atomic mass is 33.1. The van der Waals surface area contributed by atoms with Crippen LogP contribution in [0.2, 0.25) is 0 Å². The maximum atomic E-state index is 11.1. The van der Waals surface area contributed by atoms with Gasteiger partial charge in [0.25, 0.3) is 0 Å². The van der Waals surface area contributed by atoms with Gasteiger partial charge in [-0.05, 0) is 0 Å². The van der Waals surface area contributed by atoms with Crippen LogP contribution in [0.3, 0.4) is 0 Å². The van der Waals surface area contributed by atoms with E-state index >= 15 is 0 Å². The molecule has 0 atom stereocenters. The normalized spacial score (nSPS) is 16.0. The second-order valence-corrected chi connectivity index (χ2v) is 8.50. The van der Waals surface area contributed by atoms with Gasteiger partial charge in [-0.3, -0.25) is 4.90 Å². The topological polar surface area (TPSA) is 65.1 Å². The van der Waals surface area contributed by atoms with E-state index in [0.717, 1.165) is 59.4 Å². The fourth-order valence-electron chi connectivity index (χ4n) is 1.59. The third kappa shape index (κ3) is 8.46. The van der Waals surface area contributed by atoms with Gasteiger partial charge < -0.3 is 14.2 Å². The Morgan fingerprint density at radius 3 is 1.95 bits per heavy atom. The molecule has 6 nitrogen and oxygen atoms in total. The minimum Gasteiger partial charge on any atom is -0.460 e. The van der Waals surface area contributed by atoms with E-state index in [1.165, 1.54) is 35.8 Å². The maximum Gasteiger partial charge on any atom is 0.377 e. The zero-order valence-corrected chi connectivity index (χ0v) is 15.2. The molecule has 0 amide bonds. The number of hydrogen-bond acceptors (Lipinski definition) is 10. The van der Waals surface area contributed by atoms with Gasteiger partial charge in [0.05, 0.1) is 27.4 Å². The van der Waals surface area contributed by atoms with Crippen LogP contribution < -0.4 is 0 Å². The lowest BCUT2D eigenvalue weighted by molar-refractivity contribution is 0.0255. The Balaban J connectivity index is 2.37. The number of rotatable bonds is 7. The number of morpholine rings is 1. The second-order valence-electron chi connectivity index (χ2n) is 3.95. The van der Waals surface area contributed by atoms with Crippen molar-refractivity contribution in [1.82, 2.24) is 4.90 Å². The summed E-state index contributed by atoms with van der Waals surface area (Å²) in [5.41, 5.74) is 0. The summed E-state index contributed by atoms with van der Waals surface area (Å²) in [5.74, 6) is 1.57. The zero-order valence-electron chi connectivity index (χ0n) is 11.9. The predicted octanol–water partition coefficient (Wildman–Crippen LogP) is 2.98. The summed E-state index contributed by atoms with van der Waals surface area (Å²) < 4.78 is 14.6. The Hall–Kier alpha value is 0.260. The Bertz CT molecular complexity index is 306. The maximum absolute atomic E-state index is 11.1. The summed E-state index contributed by atoms with van der Waals surface area (Å²) in [6.07, 6.45) is 0. The molecule has 0 spiro atoms. The largest absolute Gasteiger partial charge is 0.460 e. The molecule has 1 aliphatic rings. The molecular weight excluding hydrogens is 354 g/mol. The van der Waals surface area contributed by atoms with Crippen molar-refractivity contribution in [3.8, 4) is 0 Å². The van der Waals surface area contributed by atoms with E-state index in [0.29, 0.717) is 0 Å². The van der Waals surface area contributed by atoms with Gasteiger partial charge in [0, 0.05) is 52.2 Å². The molecule has 1 fully saturated rings. The van der Waals surface area contributed by atoms with Crippen LogP contribution in [0, 0.1) is 0 Å². The summed E-state index contributed by atoms with van der Waals surface area (Å²) >= 11 is 0. The van der Waals surface area contributed by atoms with Crippen LogP contribution in [0.15, 0.2) is 0 Å². The van der Waals surface area contributed by atoms with Crippen molar-refractivity contribution in [3.63, 3.8) is 0 Å². The molecule has 1 heterocycles. The van der Waals surface area contributed by atoms with E-state index in [1.807, 2.05) is 0 Å². The smallest absolute Gasteiger partial charge is 0.377 e. The highest BCUT2D eigenvalue weighted by molar-refractivity contribution is 8.82. The fraction of sp³-hybridized carbons (Fsp3) is 0.818. The third-order valence-corrected chi connectivity index (χ3v) is 6.89. The molecule has 21 heavy (non-hydrogen) atoms. The van der Waals surface area contributed by atoms with Crippen LogP contribution in [0.1, 0.15) is 0 Å². The first kappa shape index (κ1) is 19.3. The number of methoxy groups -OCH3 is 2. The van der Waals surface area contributed by atoms with Crippen LogP contribution in [-0.2, 0) is 14.2 Å². The number of nitrogens with zero attached hydrogens (tertiary/aromatic N) is 1. The molecule has 0 N–H and O–H groups in total. The van der Waals surface area contributed by atoms with Crippen LogP contribution in [0.4, 0.5) is 9.59 Å². The summed E-state index contributed by atoms with van der Waals surface area (Å²) in [7, 11) is 7.90. The standard InChI is InChI=1S/C11H19NO5S4/c1-15-10(13)20-18-7-9(8-19-21-11(14)16-2)12-3-5-17-6-4-12/h9H,3-8H2,1-2H3. The first-order chi connectivity index (χ1) is 10.2. The zero-order chi connectivity index (χ0) is 15.5. The molecule has 0 aliphatic carbocycles. The average molecular weight is 374 g/mol. The molecule has 1 aliphatic heterocycles. The van der Waals surface area contributed by atoms with Gasteiger partial charge in [-0.1, -0.05) is 21.6 Å². The van der Waals surface area contributed by atoms with E-state index in [2.05, 4.69) is 14.4 Å². The van der Waals surface area contributed by atoms with Crippen molar-refractivity contribution in [2.24, 2.45) is 0 Å². The van der Waals surface area contributed by atoms with E-state index in [-0.39, 0.29) is 16.6 Å². The summed E-state index contributed by atoms with van der Waals surface area (Å²) in [6.45, 7) is 3.19. The molecule has 0 radical (unpaired) electrons. The van der Waals surface area contributed by atoms with Crippen molar-refractivity contribution in [2.75, 3.05) is 52.0 Å². The lowest BCUT2D eigenvalue weighted by atomic mass is 10.3. The van der Waals surface area contributed by atoms with Crippen molar-refractivity contribution in [2.45, 2.75) is 6.04 Å². The van der Waals surface area contributed by atoms with Crippen LogP contribution >= 0.6 is 43.2 Å². The lowest BCUT2D eigenvalue weighted by Crippen LogP contribution is -2.45. The molecule has 0 unspecified atom stereocenters. The van der Waals surface area contributed by atoms with Gasteiger partial charge in [0.2, 0.25) is 0 Å². The van der Waals surface area contributed by atoms with Gasteiger partial charge in [-0.15, -0.1) is 0 Å². The summed E-state index contributed by atoms with van der Waals surface area (Å²) in [6, 6.07) is 0.276. The lowest BCUT2D eigenvalue weighted by Gasteiger charge is -2.33. The minimum atomic E-state index is -0.294. The molecule has 0 bridgehead atoms. The molecule has 10 heteroatoms. The quantitative estimate of drug-likeness (QED) is 0.491.